The van der Waals surface area contributed by atoms with Crippen LogP contribution in [0.25, 0.3) is 0 Å². The number of nitrogens with zero attached hydrogens (tertiary/aromatic N) is 1. The second-order valence-electron chi connectivity index (χ2n) is 6.22. The van der Waals surface area contributed by atoms with Crippen molar-refractivity contribution >= 4 is 0 Å². The van der Waals surface area contributed by atoms with Gasteiger partial charge in [0.2, 0.25) is 0 Å². The average Bonchev–Trinajstić information content (AvgIpc) is 3.01. The molecule has 1 aromatic rings. The lowest BCUT2D eigenvalue weighted by atomic mass is 9.97. The molecule has 1 aromatic carbocycles. The molecule has 0 radical (unpaired) electrons. The van der Waals surface area contributed by atoms with E-state index in [4.69, 9.17) is 4.74 Å². The third-order valence-electron chi connectivity index (χ3n) is 4.58. The number of benzene rings is 1. The van der Waals surface area contributed by atoms with E-state index in [0.717, 1.165) is 31.3 Å². The first-order valence-corrected chi connectivity index (χ1v) is 8.28. The lowest BCUT2D eigenvalue weighted by molar-refractivity contribution is 0.235. The highest BCUT2D eigenvalue weighted by molar-refractivity contribution is 5.33. The predicted molar refractivity (Wildman–Crippen MR) is 88.8 cm³/mol. The number of hydrogen-bond donors (Lipinski definition) is 1. The average molecular weight is 290 g/mol. The molecule has 0 heterocycles. The topological polar surface area (TPSA) is 24.5 Å². The van der Waals surface area contributed by atoms with Gasteiger partial charge in [0.05, 0.1) is 7.11 Å². The highest BCUT2D eigenvalue weighted by Crippen LogP contribution is 2.28. The Hall–Kier alpha value is -1.06. The summed E-state index contributed by atoms with van der Waals surface area (Å²) < 4.78 is 5.46. The van der Waals surface area contributed by atoms with Gasteiger partial charge < -0.3 is 15.0 Å². The van der Waals surface area contributed by atoms with Gasteiger partial charge in [0.25, 0.3) is 0 Å². The Bertz CT molecular complexity index is 415. The number of para-hydroxylation sites is 1. The van der Waals surface area contributed by atoms with E-state index in [1.54, 1.807) is 7.11 Å². The zero-order valence-corrected chi connectivity index (χ0v) is 13.8. The van der Waals surface area contributed by atoms with Crippen molar-refractivity contribution in [3.05, 3.63) is 29.8 Å². The Kier molecular flexibility index (Phi) is 6.52. The van der Waals surface area contributed by atoms with Crippen LogP contribution in [0.1, 0.15) is 38.2 Å². The van der Waals surface area contributed by atoms with E-state index in [1.165, 1.54) is 31.2 Å². The number of nitrogens with one attached hydrogen (secondary N) is 1. The fourth-order valence-electron chi connectivity index (χ4n) is 3.53. The van der Waals surface area contributed by atoms with Crippen LogP contribution in [-0.4, -0.2) is 38.2 Å². The van der Waals surface area contributed by atoms with Crippen molar-refractivity contribution in [2.45, 2.75) is 45.2 Å². The van der Waals surface area contributed by atoms with Crippen LogP contribution in [-0.2, 0) is 6.54 Å². The summed E-state index contributed by atoms with van der Waals surface area (Å²) in [4.78, 5) is 2.42. The normalized spacial score (nSPS) is 17.3. The largest absolute Gasteiger partial charge is 0.496 e. The molecule has 21 heavy (non-hydrogen) atoms. The highest BCUT2D eigenvalue weighted by Gasteiger charge is 2.25. The number of likely N-dealkylation sites (N-methyl/N-ethyl adjacent to an activating group) is 2. The summed E-state index contributed by atoms with van der Waals surface area (Å²) in [6.07, 6.45) is 5.59. The number of ether oxygens (including phenoxy) is 1. The van der Waals surface area contributed by atoms with E-state index in [-0.39, 0.29) is 0 Å². The molecule has 0 saturated heterocycles. The van der Waals surface area contributed by atoms with Crippen LogP contribution in [0.15, 0.2) is 24.3 Å². The third-order valence-corrected chi connectivity index (χ3v) is 4.58. The van der Waals surface area contributed by atoms with Gasteiger partial charge in [-0.3, -0.25) is 0 Å². The monoisotopic (exact) mass is 290 g/mol. The number of methoxy groups -OCH3 is 1. The van der Waals surface area contributed by atoms with Crippen LogP contribution in [0.4, 0.5) is 0 Å². The molecule has 2 rings (SSSR count). The summed E-state index contributed by atoms with van der Waals surface area (Å²) >= 11 is 0. The number of rotatable bonds is 8. The van der Waals surface area contributed by atoms with Gasteiger partial charge in [0, 0.05) is 24.7 Å². The van der Waals surface area contributed by atoms with Gasteiger partial charge in [0.15, 0.2) is 0 Å². The van der Waals surface area contributed by atoms with Gasteiger partial charge >= 0.3 is 0 Å². The van der Waals surface area contributed by atoms with Crippen molar-refractivity contribution in [2.24, 2.45) is 5.92 Å². The molecular formula is C18H30N2O. The molecule has 3 heteroatoms. The van der Waals surface area contributed by atoms with Crippen LogP contribution in [0.5, 0.6) is 5.75 Å². The molecule has 1 unspecified atom stereocenters. The fourth-order valence-corrected chi connectivity index (χ4v) is 3.53. The Morgan fingerprint density at radius 1 is 1.29 bits per heavy atom. The minimum atomic E-state index is 0.622. The zero-order chi connectivity index (χ0) is 15.1. The van der Waals surface area contributed by atoms with E-state index in [0.29, 0.717) is 6.04 Å². The van der Waals surface area contributed by atoms with Crippen molar-refractivity contribution in [1.82, 2.24) is 10.2 Å². The van der Waals surface area contributed by atoms with Crippen molar-refractivity contribution in [2.75, 3.05) is 27.2 Å². The minimum absolute atomic E-state index is 0.622. The Morgan fingerprint density at radius 2 is 2.00 bits per heavy atom. The van der Waals surface area contributed by atoms with Crippen LogP contribution in [0.2, 0.25) is 0 Å². The zero-order valence-electron chi connectivity index (χ0n) is 13.8. The van der Waals surface area contributed by atoms with Crippen LogP contribution in [0, 0.1) is 5.92 Å². The summed E-state index contributed by atoms with van der Waals surface area (Å²) in [5.74, 6) is 1.84. The fraction of sp³-hybridized carbons (Fsp3) is 0.667. The molecule has 0 spiro atoms. The minimum Gasteiger partial charge on any atom is -0.496 e. The smallest absolute Gasteiger partial charge is 0.123 e. The summed E-state index contributed by atoms with van der Waals surface area (Å²) in [5.41, 5.74) is 1.27. The van der Waals surface area contributed by atoms with Gasteiger partial charge in [-0.2, -0.15) is 0 Å². The van der Waals surface area contributed by atoms with Gasteiger partial charge in [0.1, 0.15) is 5.75 Å². The Balaban J connectivity index is 1.93. The molecule has 0 bridgehead atoms. The molecule has 118 valence electrons. The molecule has 0 amide bonds. The van der Waals surface area contributed by atoms with Crippen molar-refractivity contribution < 1.29 is 4.74 Å². The second kappa shape index (κ2) is 8.40. The molecule has 0 aromatic heterocycles. The molecule has 1 atom stereocenters. The molecule has 0 aliphatic heterocycles. The first-order chi connectivity index (χ1) is 10.2. The summed E-state index contributed by atoms with van der Waals surface area (Å²) in [6, 6.07) is 8.94. The molecule has 1 aliphatic carbocycles. The van der Waals surface area contributed by atoms with E-state index in [2.05, 4.69) is 36.3 Å². The Morgan fingerprint density at radius 3 is 2.67 bits per heavy atom. The second-order valence-corrected chi connectivity index (χ2v) is 6.22. The lowest BCUT2D eigenvalue weighted by Gasteiger charge is -2.29. The SMILES string of the molecule is CCNC(CN(C)Cc1ccccc1OC)C1CCCC1. The maximum absolute atomic E-state index is 5.46. The summed E-state index contributed by atoms with van der Waals surface area (Å²) in [7, 11) is 3.96. The molecular weight excluding hydrogens is 260 g/mol. The van der Waals surface area contributed by atoms with Crippen LogP contribution < -0.4 is 10.1 Å². The molecule has 1 aliphatic rings. The van der Waals surface area contributed by atoms with Crippen LogP contribution >= 0.6 is 0 Å². The first-order valence-electron chi connectivity index (χ1n) is 8.28. The highest BCUT2D eigenvalue weighted by atomic mass is 16.5. The third kappa shape index (κ3) is 4.72. The van der Waals surface area contributed by atoms with Crippen LogP contribution in [0.3, 0.4) is 0 Å². The lowest BCUT2D eigenvalue weighted by Crippen LogP contribution is -2.43. The maximum Gasteiger partial charge on any atom is 0.123 e. The van der Waals surface area contributed by atoms with Gasteiger partial charge in [-0.25, -0.2) is 0 Å². The quantitative estimate of drug-likeness (QED) is 0.795. The van der Waals surface area contributed by atoms with Crippen molar-refractivity contribution in [3.8, 4) is 5.75 Å². The molecule has 1 saturated carbocycles. The van der Waals surface area contributed by atoms with E-state index in [1.807, 2.05) is 12.1 Å². The van der Waals surface area contributed by atoms with E-state index >= 15 is 0 Å². The number of hydrogen-bond acceptors (Lipinski definition) is 3. The maximum atomic E-state index is 5.46. The van der Waals surface area contributed by atoms with Gasteiger partial charge in [-0.1, -0.05) is 38.0 Å². The molecule has 1 fully saturated rings. The molecule has 1 N–H and O–H groups in total. The van der Waals surface area contributed by atoms with Gasteiger partial charge in [-0.15, -0.1) is 0 Å². The van der Waals surface area contributed by atoms with Crippen molar-refractivity contribution in [1.29, 1.82) is 0 Å². The molecule has 3 nitrogen and oxygen atoms in total. The summed E-state index contributed by atoms with van der Waals surface area (Å²) in [6.45, 7) is 5.32. The van der Waals surface area contributed by atoms with E-state index < -0.39 is 0 Å². The first kappa shape index (κ1) is 16.3. The summed E-state index contributed by atoms with van der Waals surface area (Å²) in [5, 5.41) is 3.70. The van der Waals surface area contributed by atoms with E-state index in [9.17, 15) is 0 Å². The predicted octanol–water partition coefficient (Wildman–Crippen LogP) is 3.30. The standard InChI is InChI=1S/C18H30N2O/c1-4-19-17(15-9-5-6-10-15)14-20(2)13-16-11-7-8-12-18(16)21-3/h7-8,11-12,15,17,19H,4-6,9-10,13-14H2,1-3H3. The van der Waals surface area contributed by atoms with Crippen molar-refractivity contribution in [3.63, 3.8) is 0 Å². The Labute approximate surface area is 129 Å². The van der Waals surface area contributed by atoms with Gasteiger partial charge in [-0.05, 0) is 38.4 Å².